The maximum atomic E-state index is 11.9. The van der Waals surface area contributed by atoms with Crippen molar-refractivity contribution < 1.29 is 0 Å². The zero-order valence-electron chi connectivity index (χ0n) is 11.6. The molecule has 0 atom stereocenters. The number of rotatable bonds is 4. The number of fused-ring (bicyclic) bond motifs is 1. The summed E-state index contributed by atoms with van der Waals surface area (Å²) in [6, 6.07) is 0. The van der Waals surface area contributed by atoms with Crippen LogP contribution < -0.4 is 21.0 Å². The molecule has 1 aliphatic heterocycles. The van der Waals surface area contributed by atoms with Gasteiger partial charge in [0.05, 0.1) is 6.67 Å². The molecule has 1 aliphatic rings. The monoisotopic (exact) mass is 264 g/mol. The number of unbranched alkanes of at least 4 members (excludes halogenated alkanes) is 1. The molecule has 0 aliphatic carbocycles. The minimum atomic E-state index is -0.363. The second kappa shape index (κ2) is 5.34. The summed E-state index contributed by atoms with van der Waals surface area (Å²) in [4.78, 5) is 29.8. The van der Waals surface area contributed by atoms with Crippen LogP contribution in [0.2, 0.25) is 0 Å². The molecule has 0 spiro atoms. The van der Waals surface area contributed by atoms with Gasteiger partial charge in [-0.2, -0.15) is 0 Å². The average molecular weight is 264 g/mol. The summed E-state index contributed by atoms with van der Waals surface area (Å²) in [5.41, 5.74) is -0.0952. The molecule has 0 radical (unpaired) electrons. The third-order valence-corrected chi connectivity index (χ3v) is 3.37. The van der Waals surface area contributed by atoms with Crippen molar-refractivity contribution in [3.05, 3.63) is 33.0 Å². The van der Waals surface area contributed by atoms with Gasteiger partial charge in [0.25, 0.3) is 5.56 Å². The van der Waals surface area contributed by atoms with E-state index in [9.17, 15) is 9.59 Å². The molecule has 0 amide bonds. The van der Waals surface area contributed by atoms with Crippen LogP contribution in [0.15, 0.2) is 21.7 Å². The van der Waals surface area contributed by atoms with Crippen LogP contribution in [-0.4, -0.2) is 29.8 Å². The number of aromatic nitrogens is 2. The van der Waals surface area contributed by atoms with Gasteiger partial charge >= 0.3 is 5.69 Å². The highest BCUT2D eigenvalue weighted by molar-refractivity contribution is 5.71. The third kappa shape index (κ3) is 2.43. The Balaban J connectivity index is 2.30. The summed E-state index contributed by atoms with van der Waals surface area (Å²) >= 11 is 0. The molecule has 0 saturated carbocycles. The van der Waals surface area contributed by atoms with E-state index in [0.29, 0.717) is 12.4 Å². The Hall–Kier alpha value is -1.98. The molecule has 0 fully saturated rings. The summed E-state index contributed by atoms with van der Waals surface area (Å²) in [5.74, 6) is 0.719. The minimum absolute atomic E-state index is 0.309. The summed E-state index contributed by atoms with van der Waals surface area (Å²) in [5, 5.41) is 0. The van der Waals surface area contributed by atoms with Gasteiger partial charge in [-0.15, -0.1) is 0 Å². The Morgan fingerprint density at radius 1 is 1.32 bits per heavy atom. The van der Waals surface area contributed by atoms with Gasteiger partial charge in [0.2, 0.25) is 0 Å². The van der Waals surface area contributed by atoms with Gasteiger partial charge in [-0.3, -0.25) is 14.3 Å². The van der Waals surface area contributed by atoms with Crippen molar-refractivity contribution >= 4 is 11.5 Å². The number of allylic oxidation sites excluding steroid dienone is 2. The third-order valence-electron chi connectivity index (χ3n) is 3.37. The van der Waals surface area contributed by atoms with Gasteiger partial charge in [-0.1, -0.05) is 12.2 Å². The molecule has 0 saturated heterocycles. The lowest BCUT2D eigenvalue weighted by atomic mass is 10.3. The molecule has 2 rings (SSSR count). The van der Waals surface area contributed by atoms with Crippen LogP contribution in [0, 0.1) is 0 Å². The van der Waals surface area contributed by atoms with Crippen LogP contribution in [0.5, 0.6) is 0 Å². The standard InChI is InChI=1S/C13H20N4O2/c1-4-5-6-7-8-17-9-15(2)10-11(18)14-13(19)16(3)12(10)17/h4-5H,6-9H2,1-3H3,(H,14,18,19). The lowest BCUT2D eigenvalue weighted by molar-refractivity contribution is 0.715. The maximum Gasteiger partial charge on any atom is 0.329 e. The zero-order chi connectivity index (χ0) is 14.0. The molecule has 0 unspecified atom stereocenters. The zero-order valence-corrected chi connectivity index (χ0v) is 11.6. The van der Waals surface area contributed by atoms with E-state index >= 15 is 0 Å². The highest BCUT2D eigenvalue weighted by Crippen LogP contribution is 2.29. The van der Waals surface area contributed by atoms with E-state index in [1.807, 2.05) is 24.9 Å². The van der Waals surface area contributed by atoms with Gasteiger partial charge in [0.1, 0.15) is 11.5 Å². The molecule has 0 aromatic carbocycles. The van der Waals surface area contributed by atoms with E-state index in [-0.39, 0.29) is 11.2 Å². The predicted molar refractivity (Wildman–Crippen MR) is 77.0 cm³/mol. The molecule has 1 N–H and O–H groups in total. The maximum absolute atomic E-state index is 11.9. The molecule has 0 bridgehead atoms. The van der Waals surface area contributed by atoms with E-state index in [1.165, 1.54) is 4.57 Å². The Kier molecular flexibility index (Phi) is 3.78. The van der Waals surface area contributed by atoms with Gasteiger partial charge in [0, 0.05) is 20.6 Å². The summed E-state index contributed by atoms with van der Waals surface area (Å²) in [6.45, 7) is 3.48. The molecule has 1 aromatic rings. The van der Waals surface area contributed by atoms with Crippen molar-refractivity contribution in [2.24, 2.45) is 7.05 Å². The highest BCUT2D eigenvalue weighted by atomic mass is 16.2. The Morgan fingerprint density at radius 2 is 2.05 bits per heavy atom. The van der Waals surface area contributed by atoms with Crippen molar-refractivity contribution in [3.8, 4) is 0 Å². The summed E-state index contributed by atoms with van der Waals surface area (Å²) in [7, 11) is 3.56. The Bertz CT molecular complexity index is 600. The first-order valence-electron chi connectivity index (χ1n) is 6.46. The lowest BCUT2D eigenvalue weighted by Gasteiger charge is -2.19. The normalized spacial score (nSPS) is 14.5. The van der Waals surface area contributed by atoms with Crippen LogP contribution >= 0.6 is 0 Å². The number of H-pyrrole nitrogens is 1. The van der Waals surface area contributed by atoms with Crippen LogP contribution in [0.3, 0.4) is 0 Å². The second-order valence-corrected chi connectivity index (χ2v) is 4.80. The number of hydrogen-bond acceptors (Lipinski definition) is 4. The average Bonchev–Trinajstić information content (AvgIpc) is 2.69. The van der Waals surface area contributed by atoms with Crippen molar-refractivity contribution in [1.29, 1.82) is 0 Å². The van der Waals surface area contributed by atoms with Crippen LogP contribution in [-0.2, 0) is 7.05 Å². The number of nitrogens with zero attached hydrogens (tertiary/aromatic N) is 3. The smallest absolute Gasteiger partial charge is 0.329 e. The second-order valence-electron chi connectivity index (χ2n) is 4.80. The molecule has 19 heavy (non-hydrogen) atoms. The first kappa shape index (κ1) is 13.5. The van der Waals surface area contributed by atoms with Gasteiger partial charge in [-0.05, 0) is 19.8 Å². The summed E-state index contributed by atoms with van der Waals surface area (Å²) < 4.78 is 1.51. The van der Waals surface area contributed by atoms with E-state index in [1.54, 1.807) is 7.05 Å². The topological polar surface area (TPSA) is 61.3 Å². The molecule has 6 heteroatoms. The largest absolute Gasteiger partial charge is 0.349 e. The Labute approximate surface area is 112 Å². The van der Waals surface area contributed by atoms with Crippen molar-refractivity contribution in [3.63, 3.8) is 0 Å². The van der Waals surface area contributed by atoms with Crippen molar-refractivity contribution in [1.82, 2.24) is 9.55 Å². The fourth-order valence-corrected chi connectivity index (χ4v) is 2.44. The van der Waals surface area contributed by atoms with E-state index in [4.69, 9.17) is 0 Å². The number of nitrogens with one attached hydrogen (secondary N) is 1. The van der Waals surface area contributed by atoms with E-state index in [2.05, 4.69) is 16.0 Å². The van der Waals surface area contributed by atoms with Gasteiger partial charge in [-0.25, -0.2) is 4.79 Å². The number of anilines is 2. The molecular weight excluding hydrogens is 244 g/mol. The fraction of sp³-hybridized carbons (Fsp3) is 0.538. The molecular formula is C13H20N4O2. The number of hydrogen-bond donors (Lipinski definition) is 1. The quantitative estimate of drug-likeness (QED) is 0.640. The first-order valence-corrected chi connectivity index (χ1v) is 6.46. The van der Waals surface area contributed by atoms with Crippen molar-refractivity contribution in [2.75, 3.05) is 30.1 Å². The number of aromatic amines is 1. The predicted octanol–water partition coefficient (Wildman–Crippen LogP) is 0.644. The highest BCUT2D eigenvalue weighted by Gasteiger charge is 2.28. The van der Waals surface area contributed by atoms with Gasteiger partial charge in [0.15, 0.2) is 0 Å². The Morgan fingerprint density at radius 3 is 2.74 bits per heavy atom. The van der Waals surface area contributed by atoms with Crippen LogP contribution in [0.25, 0.3) is 0 Å². The molecule has 1 aromatic heterocycles. The summed E-state index contributed by atoms with van der Waals surface area (Å²) in [6.07, 6.45) is 6.16. The van der Waals surface area contributed by atoms with E-state index < -0.39 is 0 Å². The van der Waals surface area contributed by atoms with Gasteiger partial charge < -0.3 is 9.80 Å². The van der Waals surface area contributed by atoms with Crippen molar-refractivity contribution in [2.45, 2.75) is 19.8 Å². The molecule has 6 nitrogen and oxygen atoms in total. The minimum Gasteiger partial charge on any atom is -0.349 e. The van der Waals surface area contributed by atoms with Crippen LogP contribution in [0.1, 0.15) is 19.8 Å². The van der Waals surface area contributed by atoms with Crippen LogP contribution in [0.4, 0.5) is 11.5 Å². The van der Waals surface area contributed by atoms with E-state index in [0.717, 1.165) is 25.2 Å². The molecule has 104 valence electrons. The molecule has 2 heterocycles. The lowest BCUT2D eigenvalue weighted by Crippen LogP contribution is -2.32. The first-order chi connectivity index (χ1) is 9.06. The SMILES string of the molecule is CC=CCCCN1CN(C)c2c1n(C)c(=O)[nH]c2=O. The fourth-order valence-electron chi connectivity index (χ4n) is 2.44.